The average molecular weight is 457 g/mol. The van der Waals surface area contributed by atoms with Gasteiger partial charge in [0.2, 0.25) is 5.76 Å². The van der Waals surface area contributed by atoms with Gasteiger partial charge in [-0.05, 0) is 6.42 Å². The highest BCUT2D eigenvalue weighted by molar-refractivity contribution is 5.89. The maximum Gasteiger partial charge on any atom is 0.378 e. The minimum Gasteiger partial charge on any atom is -0.499 e. The van der Waals surface area contributed by atoms with Gasteiger partial charge in [-0.1, -0.05) is 116 Å². The van der Waals surface area contributed by atoms with Crippen molar-refractivity contribution in [3.63, 3.8) is 0 Å². The molecule has 0 aromatic rings. The fourth-order valence-electron chi connectivity index (χ4n) is 4.15. The SMILES string of the molecule is CCCCCCCCCCCCCCCCCCCCOC1=C(O)C(=O)OC1C(O)CO. The third kappa shape index (κ3) is 12.7. The van der Waals surface area contributed by atoms with Crippen molar-refractivity contribution in [2.45, 2.75) is 135 Å². The quantitative estimate of drug-likeness (QED) is 0.135. The van der Waals surface area contributed by atoms with Crippen LogP contribution in [0.25, 0.3) is 0 Å². The van der Waals surface area contributed by atoms with Gasteiger partial charge in [-0.15, -0.1) is 0 Å². The van der Waals surface area contributed by atoms with Gasteiger partial charge in [0, 0.05) is 0 Å². The first-order chi connectivity index (χ1) is 15.6. The predicted molar refractivity (Wildman–Crippen MR) is 127 cm³/mol. The molecule has 0 spiro atoms. The second-order valence-corrected chi connectivity index (χ2v) is 9.15. The van der Waals surface area contributed by atoms with E-state index in [0.29, 0.717) is 6.61 Å². The van der Waals surface area contributed by atoms with Gasteiger partial charge in [-0.3, -0.25) is 0 Å². The molecule has 0 aliphatic carbocycles. The summed E-state index contributed by atoms with van der Waals surface area (Å²) in [5, 5.41) is 28.4. The number of carbonyl (C=O) groups excluding carboxylic acids is 1. The lowest BCUT2D eigenvalue weighted by molar-refractivity contribution is -0.148. The number of aliphatic hydroxyl groups excluding tert-OH is 3. The van der Waals surface area contributed by atoms with Gasteiger partial charge >= 0.3 is 5.97 Å². The smallest absolute Gasteiger partial charge is 0.378 e. The maximum absolute atomic E-state index is 11.4. The molecule has 0 fully saturated rings. The molecule has 0 radical (unpaired) electrons. The fourth-order valence-corrected chi connectivity index (χ4v) is 4.15. The Hall–Kier alpha value is -1.27. The molecular formula is C26H48O6. The van der Waals surface area contributed by atoms with E-state index in [1.807, 2.05) is 0 Å². The van der Waals surface area contributed by atoms with Gasteiger partial charge in [0.25, 0.3) is 0 Å². The van der Waals surface area contributed by atoms with E-state index in [2.05, 4.69) is 6.92 Å². The summed E-state index contributed by atoms with van der Waals surface area (Å²) in [7, 11) is 0. The van der Waals surface area contributed by atoms with Crippen LogP contribution in [0.3, 0.4) is 0 Å². The number of ether oxygens (including phenoxy) is 2. The Morgan fingerprint density at radius 2 is 1.19 bits per heavy atom. The van der Waals surface area contributed by atoms with Crippen molar-refractivity contribution in [1.82, 2.24) is 0 Å². The van der Waals surface area contributed by atoms with Crippen molar-refractivity contribution in [2.75, 3.05) is 13.2 Å². The van der Waals surface area contributed by atoms with Crippen LogP contribution in [0.2, 0.25) is 0 Å². The maximum atomic E-state index is 11.4. The highest BCUT2D eigenvalue weighted by Crippen LogP contribution is 2.25. The summed E-state index contributed by atoms with van der Waals surface area (Å²) in [6.45, 7) is 2.05. The summed E-state index contributed by atoms with van der Waals surface area (Å²) >= 11 is 0. The Kier molecular flexibility index (Phi) is 17.3. The zero-order chi connectivity index (χ0) is 23.4. The largest absolute Gasteiger partial charge is 0.499 e. The van der Waals surface area contributed by atoms with E-state index < -0.39 is 30.5 Å². The van der Waals surface area contributed by atoms with Crippen LogP contribution in [0.1, 0.15) is 122 Å². The predicted octanol–water partition coefficient (Wildman–Crippen LogP) is 6.09. The molecule has 6 heteroatoms. The van der Waals surface area contributed by atoms with Crippen molar-refractivity contribution in [1.29, 1.82) is 0 Å². The number of carbonyl (C=O) groups is 1. The van der Waals surface area contributed by atoms with Crippen LogP contribution < -0.4 is 0 Å². The molecule has 6 nitrogen and oxygen atoms in total. The molecule has 0 aromatic carbocycles. The van der Waals surface area contributed by atoms with Gasteiger partial charge in [0.05, 0.1) is 13.2 Å². The van der Waals surface area contributed by atoms with Crippen LogP contribution in [-0.4, -0.2) is 46.7 Å². The van der Waals surface area contributed by atoms with Crippen LogP contribution in [-0.2, 0) is 14.3 Å². The molecular weight excluding hydrogens is 408 g/mol. The Bertz CT molecular complexity index is 505. The molecule has 1 heterocycles. The fraction of sp³-hybridized carbons (Fsp3) is 0.885. The van der Waals surface area contributed by atoms with E-state index in [1.165, 1.54) is 96.3 Å². The summed E-state index contributed by atoms with van der Waals surface area (Å²) in [6, 6.07) is 0. The number of unbranched alkanes of at least 4 members (excludes halogenated alkanes) is 17. The first-order valence-electron chi connectivity index (χ1n) is 13.2. The molecule has 32 heavy (non-hydrogen) atoms. The number of hydrogen-bond acceptors (Lipinski definition) is 6. The highest BCUT2D eigenvalue weighted by atomic mass is 16.6. The van der Waals surface area contributed by atoms with E-state index in [-0.39, 0.29) is 5.76 Å². The Morgan fingerprint density at radius 1 is 0.781 bits per heavy atom. The molecule has 0 saturated heterocycles. The third-order valence-electron chi connectivity index (χ3n) is 6.21. The van der Waals surface area contributed by atoms with Crippen LogP contribution in [0.15, 0.2) is 11.5 Å². The van der Waals surface area contributed by atoms with Gasteiger partial charge in [-0.2, -0.15) is 0 Å². The lowest BCUT2D eigenvalue weighted by Gasteiger charge is -2.18. The Morgan fingerprint density at radius 3 is 1.59 bits per heavy atom. The number of aliphatic hydroxyl groups is 3. The summed E-state index contributed by atoms with van der Waals surface area (Å²) in [5.74, 6) is -1.59. The van der Waals surface area contributed by atoms with Crippen molar-refractivity contribution >= 4 is 5.97 Å². The molecule has 1 aliphatic rings. The van der Waals surface area contributed by atoms with Crippen LogP contribution in [0, 0.1) is 0 Å². The van der Waals surface area contributed by atoms with Gasteiger partial charge in [-0.25, -0.2) is 4.79 Å². The van der Waals surface area contributed by atoms with Crippen molar-refractivity contribution < 1.29 is 29.6 Å². The Balaban J connectivity index is 1.86. The van der Waals surface area contributed by atoms with Crippen LogP contribution >= 0.6 is 0 Å². The lowest BCUT2D eigenvalue weighted by Crippen LogP contribution is -2.32. The molecule has 2 unspecified atom stereocenters. The minimum atomic E-state index is -1.29. The molecule has 188 valence electrons. The number of rotatable bonds is 22. The molecule has 3 N–H and O–H groups in total. The molecule has 1 rings (SSSR count). The zero-order valence-electron chi connectivity index (χ0n) is 20.4. The monoisotopic (exact) mass is 456 g/mol. The molecule has 1 aliphatic heterocycles. The molecule has 0 aromatic heterocycles. The normalized spacial score (nSPS) is 17.1. The molecule has 0 amide bonds. The topological polar surface area (TPSA) is 96.2 Å². The van der Waals surface area contributed by atoms with Crippen molar-refractivity contribution in [3.05, 3.63) is 11.5 Å². The molecule has 0 saturated carbocycles. The number of esters is 1. The number of hydrogen-bond donors (Lipinski definition) is 3. The van der Waals surface area contributed by atoms with Gasteiger partial charge in [0.15, 0.2) is 11.9 Å². The van der Waals surface area contributed by atoms with Gasteiger partial charge in [0.1, 0.15) is 6.10 Å². The highest BCUT2D eigenvalue weighted by Gasteiger charge is 2.40. The van der Waals surface area contributed by atoms with E-state index in [9.17, 15) is 15.0 Å². The lowest BCUT2D eigenvalue weighted by atomic mass is 10.0. The summed E-state index contributed by atoms with van der Waals surface area (Å²) in [6.07, 6.45) is 21.1. The molecule has 0 bridgehead atoms. The van der Waals surface area contributed by atoms with E-state index in [1.54, 1.807) is 0 Å². The third-order valence-corrected chi connectivity index (χ3v) is 6.21. The van der Waals surface area contributed by atoms with E-state index in [4.69, 9.17) is 14.6 Å². The zero-order valence-corrected chi connectivity index (χ0v) is 20.4. The second kappa shape index (κ2) is 19.2. The number of cyclic esters (lactones) is 1. The molecule has 2 atom stereocenters. The average Bonchev–Trinajstić information content (AvgIpc) is 3.08. The summed E-state index contributed by atoms with van der Waals surface area (Å²) in [4.78, 5) is 11.4. The summed E-state index contributed by atoms with van der Waals surface area (Å²) < 4.78 is 10.3. The van der Waals surface area contributed by atoms with Crippen LogP contribution in [0.5, 0.6) is 0 Å². The summed E-state index contributed by atoms with van der Waals surface area (Å²) in [5.41, 5.74) is 0. The standard InChI is InChI=1S/C26H48O6/c1-2-3-4-5-6-7-8-9-10-11-12-13-14-15-16-17-18-19-20-31-25-23(29)26(30)32-24(25)22(28)21-27/h22,24,27-29H,2-21H2,1H3. The first kappa shape index (κ1) is 28.8. The second-order valence-electron chi connectivity index (χ2n) is 9.15. The van der Waals surface area contributed by atoms with E-state index >= 15 is 0 Å². The first-order valence-corrected chi connectivity index (χ1v) is 13.2. The van der Waals surface area contributed by atoms with Crippen LogP contribution in [0.4, 0.5) is 0 Å². The van der Waals surface area contributed by atoms with E-state index in [0.717, 1.165) is 19.3 Å². The van der Waals surface area contributed by atoms with Gasteiger partial charge < -0.3 is 24.8 Å². The van der Waals surface area contributed by atoms with Crippen molar-refractivity contribution in [3.8, 4) is 0 Å². The Labute approximate surface area is 195 Å². The minimum absolute atomic E-state index is 0.0662. The van der Waals surface area contributed by atoms with Crippen molar-refractivity contribution in [2.24, 2.45) is 0 Å².